The molecule has 0 aliphatic carbocycles. The number of aromatic hydroxyl groups is 1. The molecular weight excluding hydrogens is 347 g/mol. The highest BCUT2D eigenvalue weighted by molar-refractivity contribution is 5.78. The zero-order valence-electron chi connectivity index (χ0n) is 16.1. The van der Waals surface area contributed by atoms with Crippen molar-refractivity contribution in [3.8, 4) is 17.2 Å². The summed E-state index contributed by atoms with van der Waals surface area (Å²) in [6, 6.07) is 9.72. The lowest BCUT2D eigenvalue weighted by molar-refractivity contribution is -0.120. The lowest BCUT2D eigenvalue weighted by atomic mass is 9.95. The van der Waals surface area contributed by atoms with Crippen LogP contribution in [0.1, 0.15) is 37.8 Å². The molecule has 2 aromatic rings. The van der Waals surface area contributed by atoms with Crippen molar-refractivity contribution >= 4 is 5.78 Å². The standard InChI is InChI=1S/C22H27FO4/c1-15(17(3)24)13-18-9-10-21(16(2)22(18)25)27-12-5-4-11-26-20-8-6-7-19(23)14-20/h6-10,14-15,25H,4-5,11-13H2,1-3H3. The molecule has 1 atom stereocenters. The van der Waals surface area contributed by atoms with Gasteiger partial charge in [-0.15, -0.1) is 0 Å². The molecule has 2 rings (SSSR count). The second-order valence-electron chi connectivity index (χ2n) is 6.77. The van der Waals surface area contributed by atoms with E-state index in [-0.39, 0.29) is 23.3 Å². The van der Waals surface area contributed by atoms with Crippen molar-refractivity contribution < 1.29 is 23.8 Å². The van der Waals surface area contributed by atoms with Gasteiger partial charge < -0.3 is 14.6 Å². The van der Waals surface area contributed by atoms with Crippen LogP contribution in [-0.2, 0) is 11.2 Å². The number of carbonyl (C=O) groups excluding carboxylic acids is 1. The number of hydrogen-bond donors (Lipinski definition) is 1. The number of hydrogen-bond acceptors (Lipinski definition) is 4. The van der Waals surface area contributed by atoms with Gasteiger partial charge in [-0.1, -0.05) is 19.1 Å². The van der Waals surface area contributed by atoms with E-state index < -0.39 is 0 Å². The molecule has 0 aromatic heterocycles. The van der Waals surface area contributed by atoms with E-state index >= 15 is 0 Å². The average Bonchev–Trinajstić information content (AvgIpc) is 2.63. The maximum atomic E-state index is 13.1. The summed E-state index contributed by atoms with van der Waals surface area (Å²) in [5, 5.41) is 10.4. The first-order valence-electron chi connectivity index (χ1n) is 9.21. The third-order valence-corrected chi connectivity index (χ3v) is 4.55. The fraction of sp³-hybridized carbons (Fsp3) is 0.409. The molecular formula is C22H27FO4. The molecule has 1 N–H and O–H groups in total. The molecule has 0 radical (unpaired) electrons. The summed E-state index contributed by atoms with van der Waals surface area (Å²) in [7, 11) is 0. The van der Waals surface area contributed by atoms with Crippen LogP contribution in [-0.4, -0.2) is 24.1 Å². The highest BCUT2D eigenvalue weighted by atomic mass is 19.1. The zero-order valence-corrected chi connectivity index (χ0v) is 16.1. The van der Waals surface area contributed by atoms with Crippen LogP contribution in [0.25, 0.3) is 0 Å². The van der Waals surface area contributed by atoms with Gasteiger partial charge in [0.25, 0.3) is 0 Å². The van der Waals surface area contributed by atoms with Crippen LogP contribution in [0.5, 0.6) is 17.2 Å². The second kappa shape index (κ2) is 9.95. The number of ether oxygens (including phenoxy) is 2. The van der Waals surface area contributed by atoms with Crippen molar-refractivity contribution in [3.63, 3.8) is 0 Å². The van der Waals surface area contributed by atoms with Crippen LogP contribution in [0.4, 0.5) is 4.39 Å². The van der Waals surface area contributed by atoms with E-state index in [0.29, 0.717) is 36.7 Å². The van der Waals surface area contributed by atoms with Crippen LogP contribution >= 0.6 is 0 Å². The summed E-state index contributed by atoms with van der Waals surface area (Å²) in [6.45, 7) is 6.20. The van der Waals surface area contributed by atoms with Crippen molar-refractivity contribution in [2.45, 2.75) is 40.0 Å². The summed E-state index contributed by atoms with van der Waals surface area (Å²) in [4.78, 5) is 11.4. The predicted molar refractivity (Wildman–Crippen MR) is 103 cm³/mol. The van der Waals surface area contributed by atoms with E-state index in [1.54, 1.807) is 26.0 Å². The van der Waals surface area contributed by atoms with Gasteiger partial charge in [-0.3, -0.25) is 4.79 Å². The number of rotatable bonds is 10. The molecule has 0 saturated heterocycles. The summed E-state index contributed by atoms with van der Waals surface area (Å²) in [6.07, 6.45) is 2.06. The Balaban J connectivity index is 1.77. The molecule has 0 aliphatic rings. The van der Waals surface area contributed by atoms with Crippen LogP contribution < -0.4 is 9.47 Å². The minimum atomic E-state index is -0.313. The van der Waals surface area contributed by atoms with Crippen molar-refractivity contribution in [1.29, 1.82) is 0 Å². The Morgan fingerprint density at radius 3 is 2.52 bits per heavy atom. The Morgan fingerprint density at radius 1 is 1.15 bits per heavy atom. The van der Waals surface area contributed by atoms with Crippen molar-refractivity contribution in [3.05, 3.63) is 53.3 Å². The Bertz CT molecular complexity index is 773. The molecule has 2 aromatic carbocycles. The molecule has 27 heavy (non-hydrogen) atoms. The van der Waals surface area contributed by atoms with Crippen molar-refractivity contribution in [1.82, 2.24) is 0 Å². The van der Waals surface area contributed by atoms with Gasteiger partial charge >= 0.3 is 0 Å². The fourth-order valence-corrected chi connectivity index (χ4v) is 2.67. The SMILES string of the molecule is CC(=O)C(C)Cc1ccc(OCCCCOc2cccc(F)c2)c(C)c1O. The quantitative estimate of drug-likeness (QED) is 0.604. The van der Waals surface area contributed by atoms with Gasteiger partial charge in [0.1, 0.15) is 28.8 Å². The highest BCUT2D eigenvalue weighted by Gasteiger charge is 2.15. The van der Waals surface area contributed by atoms with Gasteiger partial charge in [-0.05, 0) is 56.9 Å². The number of unbranched alkanes of at least 4 members (excludes halogenated alkanes) is 1. The van der Waals surface area contributed by atoms with Gasteiger partial charge in [0.2, 0.25) is 0 Å². The fourth-order valence-electron chi connectivity index (χ4n) is 2.67. The van der Waals surface area contributed by atoms with Crippen molar-refractivity contribution in [2.75, 3.05) is 13.2 Å². The van der Waals surface area contributed by atoms with Crippen molar-refractivity contribution in [2.24, 2.45) is 5.92 Å². The molecule has 0 aliphatic heterocycles. The Kier molecular flexibility index (Phi) is 7.65. The van der Waals surface area contributed by atoms with E-state index in [9.17, 15) is 14.3 Å². The minimum absolute atomic E-state index is 0.104. The zero-order chi connectivity index (χ0) is 19.8. The van der Waals surface area contributed by atoms with Gasteiger partial charge in [0, 0.05) is 17.5 Å². The van der Waals surface area contributed by atoms with Crippen LogP contribution in [0.15, 0.2) is 36.4 Å². The largest absolute Gasteiger partial charge is 0.507 e. The topological polar surface area (TPSA) is 55.8 Å². The Labute approximate surface area is 159 Å². The summed E-state index contributed by atoms with van der Waals surface area (Å²) < 4.78 is 24.3. The molecule has 0 fully saturated rings. The second-order valence-corrected chi connectivity index (χ2v) is 6.77. The summed E-state index contributed by atoms with van der Waals surface area (Å²) in [5.74, 6) is 1.01. The number of halogens is 1. The number of benzene rings is 2. The van der Waals surface area contributed by atoms with Crippen LogP contribution in [0.3, 0.4) is 0 Å². The minimum Gasteiger partial charge on any atom is -0.507 e. The van der Waals surface area contributed by atoms with E-state index in [0.717, 1.165) is 18.4 Å². The van der Waals surface area contributed by atoms with E-state index in [4.69, 9.17) is 9.47 Å². The molecule has 0 heterocycles. The predicted octanol–water partition coefficient (Wildman–Crippen LogP) is 4.85. The number of ketones is 1. The average molecular weight is 374 g/mol. The monoisotopic (exact) mass is 374 g/mol. The van der Waals surface area contributed by atoms with E-state index in [1.807, 2.05) is 19.1 Å². The number of phenolic OH excluding ortho intramolecular Hbond substituents is 1. The van der Waals surface area contributed by atoms with Crippen LogP contribution in [0, 0.1) is 18.7 Å². The lowest BCUT2D eigenvalue weighted by Gasteiger charge is -2.15. The first-order valence-corrected chi connectivity index (χ1v) is 9.21. The Morgan fingerprint density at radius 2 is 1.85 bits per heavy atom. The van der Waals surface area contributed by atoms with E-state index in [1.165, 1.54) is 12.1 Å². The first-order chi connectivity index (χ1) is 12.9. The van der Waals surface area contributed by atoms with Gasteiger partial charge in [-0.25, -0.2) is 4.39 Å². The number of phenols is 1. The number of carbonyl (C=O) groups is 1. The normalized spacial score (nSPS) is 11.9. The highest BCUT2D eigenvalue weighted by Crippen LogP contribution is 2.32. The molecule has 5 heteroatoms. The summed E-state index contributed by atoms with van der Waals surface area (Å²) in [5.41, 5.74) is 1.44. The molecule has 0 bridgehead atoms. The lowest BCUT2D eigenvalue weighted by Crippen LogP contribution is -2.10. The smallest absolute Gasteiger partial charge is 0.132 e. The van der Waals surface area contributed by atoms with Crippen LogP contribution in [0.2, 0.25) is 0 Å². The molecule has 0 saturated carbocycles. The summed E-state index contributed by atoms with van der Waals surface area (Å²) >= 11 is 0. The maximum Gasteiger partial charge on any atom is 0.132 e. The third-order valence-electron chi connectivity index (χ3n) is 4.55. The maximum absolute atomic E-state index is 13.1. The molecule has 4 nitrogen and oxygen atoms in total. The van der Waals surface area contributed by atoms with Gasteiger partial charge in [-0.2, -0.15) is 0 Å². The molecule has 0 spiro atoms. The molecule has 0 amide bonds. The molecule has 1 unspecified atom stereocenters. The number of Topliss-reactive ketones (excluding diaryl/α,β-unsaturated/α-hetero) is 1. The van der Waals surface area contributed by atoms with E-state index in [2.05, 4.69) is 0 Å². The molecule has 146 valence electrons. The Hall–Kier alpha value is -2.56. The third kappa shape index (κ3) is 6.27. The van der Waals surface area contributed by atoms with Gasteiger partial charge in [0.15, 0.2) is 0 Å². The van der Waals surface area contributed by atoms with Gasteiger partial charge in [0.05, 0.1) is 13.2 Å². The first kappa shape index (κ1) is 20.7.